The van der Waals surface area contributed by atoms with Crippen molar-refractivity contribution >= 4 is 33.4 Å². The molecule has 0 aliphatic heterocycles. The molecular formula is C25H18F3NO3. The molecule has 0 saturated carbocycles. The number of amides is 1. The van der Waals surface area contributed by atoms with Crippen LogP contribution in [0.1, 0.15) is 21.5 Å². The quantitative estimate of drug-likeness (QED) is 0.409. The van der Waals surface area contributed by atoms with Crippen molar-refractivity contribution in [1.82, 2.24) is 5.32 Å². The fourth-order valence-corrected chi connectivity index (χ4v) is 3.75. The number of hydrogen-bond acceptors (Lipinski definition) is 2. The van der Waals surface area contributed by atoms with Gasteiger partial charge >= 0.3 is 12.1 Å². The molecular weight excluding hydrogens is 419 g/mol. The third kappa shape index (κ3) is 4.27. The number of halogens is 3. The van der Waals surface area contributed by atoms with Gasteiger partial charge in [0.15, 0.2) is 0 Å². The Hall–Kier alpha value is -3.87. The predicted molar refractivity (Wildman–Crippen MR) is 115 cm³/mol. The van der Waals surface area contributed by atoms with Gasteiger partial charge in [-0.25, -0.2) is 4.79 Å². The van der Waals surface area contributed by atoms with Crippen LogP contribution in [0.2, 0.25) is 0 Å². The summed E-state index contributed by atoms with van der Waals surface area (Å²) in [4.78, 5) is 25.1. The molecule has 0 fully saturated rings. The minimum Gasteiger partial charge on any atom is -0.480 e. The van der Waals surface area contributed by atoms with Gasteiger partial charge in [-0.1, -0.05) is 60.7 Å². The normalized spacial score (nSPS) is 12.6. The zero-order valence-electron chi connectivity index (χ0n) is 16.7. The summed E-state index contributed by atoms with van der Waals surface area (Å²) in [6.07, 6.45) is -4.63. The molecule has 2 N–H and O–H groups in total. The van der Waals surface area contributed by atoms with E-state index < -0.39 is 29.7 Å². The van der Waals surface area contributed by atoms with Gasteiger partial charge in [0.05, 0.1) is 11.1 Å². The summed E-state index contributed by atoms with van der Waals surface area (Å²) in [7, 11) is 0. The lowest BCUT2D eigenvalue weighted by Gasteiger charge is -2.17. The van der Waals surface area contributed by atoms with Crippen molar-refractivity contribution in [1.29, 1.82) is 0 Å². The Kier molecular flexibility index (Phi) is 5.57. The average molecular weight is 437 g/mol. The Morgan fingerprint density at radius 3 is 1.88 bits per heavy atom. The lowest BCUT2D eigenvalue weighted by molar-refractivity contribution is -0.139. The minimum absolute atomic E-state index is 0.151. The second-order valence-electron chi connectivity index (χ2n) is 7.46. The Morgan fingerprint density at radius 1 is 0.844 bits per heavy atom. The van der Waals surface area contributed by atoms with Crippen LogP contribution in [0, 0.1) is 0 Å². The third-order valence-electron chi connectivity index (χ3n) is 5.32. The van der Waals surface area contributed by atoms with Crippen LogP contribution in [-0.4, -0.2) is 23.0 Å². The van der Waals surface area contributed by atoms with Gasteiger partial charge in [-0.15, -0.1) is 0 Å². The number of alkyl halides is 3. The molecule has 1 atom stereocenters. The van der Waals surface area contributed by atoms with Crippen LogP contribution >= 0.6 is 0 Å². The largest absolute Gasteiger partial charge is 0.480 e. The topological polar surface area (TPSA) is 66.4 Å². The van der Waals surface area contributed by atoms with E-state index in [1.807, 2.05) is 30.3 Å². The number of carbonyl (C=O) groups is 2. The van der Waals surface area contributed by atoms with Crippen molar-refractivity contribution in [2.45, 2.75) is 18.6 Å². The molecule has 0 radical (unpaired) electrons. The van der Waals surface area contributed by atoms with Crippen LogP contribution in [0.15, 0.2) is 78.9 Å². The van der Waals surface area contributed by atoms with Crippen LogP contribution in [0.5, 0.6) is 0 Å². The van der Waals surface area contributed by atoms with E-state index in [1.54, 1.807) is 24.3 Å². The smallest absolute Gasteiger partial charge is 0.416 e. The number of fused-ring (bicyclic) bond motifs is 2. The van der Waals surface area contributed by atoms with E-state index in [1.165, 1.54) is 12.1 Å². The molecule has 0 heterocycles. The highest BCUT2D eigenvalue weighted by Gasteiger charge is 2.30. The first kappa shape index (κ1) is 21.4. The monoisotopic (exact) mass is 437 g/mol. The maximum atomic E-state index is 13.2. The number of nitrogens with one attached hydrogen (secondary N) is 1. The summed E-state index contributed by atoms with van der Waals surface area (Å²) < 4.78 is 38.3. The third-order valence-corrected chi connectivity index (χ3v) is 5.32. The number of rotatable bonds is 5. The SMILES string of the molecule is O=C(N[C@H](Cc1ccc(C(F)(F)F)cc1)C(=O)O)c1c2ccccc2cc2ccccc12. The van der Waals surface area contributed by atoms with Gasteiger partial charge in [0.1, 0.15) is 6.04 Å². The summed E-state index contributed by atoms with van der Waals surface area (Å²) in [5, 5.41) is 15.2. The van der Waals surface area contributed by atoms with Crippen LogP contribution in [-0.2, 0) is 17.4 Å². The highest BCUT2D eigenvalue weighted by Crippen LogP contribution is 2.30. The second kappa shape index (κ2) is 8.34. The summed E-state index contributed by atoms with van der Waals surface area (Å²) in [5.74, 6) is -1.83. The van der Waals surface area contributed by atoms with Crippen molar-refractivity contribution in [3.63, 3.8) is 0 Å². The van der Waals surface area contributed by atoms with E-state index in [2.05, 4.69) is 5.32 Å². The molecule has 0 aliphatic carbocycles. The lowest BCUT2D eigenvalue weighted by Crippen LogP contribution is -2.42. The van der Waals surface area contributed by atoms with E-state index in [-0.39, 0.29) is 6.42 Å². The Morgan fingerprint density at radius 2 is 1.38 bits per heavy atom. The van der Waals surface area contributed by atoms with E-state index in [4.69, 9.17) is 0 Å². The van der Waals surface area contributed by atoms with Crippen LogP contribution < -0.4 is 5.32 Å². The Balaban J connectivity index is 1.66. The molecule has 7 heteroatoms. The summed E-state index contributed by atoms with van der Waals surface area (Å²) >= 11 is 0. The maximum Gasteiger partial charge on any atom is 0.416 e. The molecule has 4 rings (SSSR count). The zero-order valence-corrected chi connectivity index (χ0v) is 16.7. The molecule has 0 aliphatic rings. The second-order valence-corrected chi connectivity index (χ2v) is 7.46. The first-order valence-corrected chi connectivity index (χ1v) is 9.84. The number of hydrogen-bond donors (Lipinski definition) is 2. The Labute approximate surface area is 181 Å². The van der Waals surface area contributed by atoms with Crippen LogP contribution in [0.3, 0.4) is 0 Å². The standard InChI is InChI=1S/C25H18F3NO3/c26-25(27,28)18-11-9-15(10-12-18)13-21(24(31)32)29-23(30)22-19-7-3-1-5-16(19)14-17-6-2-4-8-20(17)22/h1-12,14,21H,13H2,(H,29,30)(H,31,32)/t21-/m1/s1. The van der Waals surface area contributed by atoms with Gasteiger partial charge in [-0.3, -0.25) is 4.79 Å². The molecule has 4 aromatic carbocycles. The average Bonchev–Trinajstić information content (AvgIpc) is 2.76. The van der Waals surface area contributed by atoms with E-state index in [0.717, 1.165) is 22.9 Å². The molecule has 4 nitrogen and oxygen atoms in total. The Bertz CT molecular complexity index is 1260. The molecule has 162 valence electrons. The number of carboxylic acids is 1. The van der Waals surface area contributed by atoms with Gasteiger partial charge in [0.25, 0.3) is 5.91 Å². The summed E-state index contributed by atoms with van der Waals surface area (Å²) in [6, 6.07) is 19.5. The first-order chi connectivity index (χ1) is 15.2. The fourth-order valence-electron chi connectivity index (χ4n) is 3.75. The van der Waals surface area contributed by atoms with Crippen molar-refractivity contribution < 1.29 is 27.9 Å². The predicted octanol–water partition coefficient (Wildman–Crippen LogP) is 5.44. The molecule has 1 amide bonds. The highest BCUT2D eigenvalue weighted by atomic mass is 19.4. The van der Waals surface area contributed by atoms with E-state index >= 15 is 0 Å². The molecule has 4 aromatic rings. The summed E-state index contributed by atoms with van der Waals surface area (Å²) in [6.45, 7) is 0. The number of aliphatic carboxylic acids is 1. The van der Waals surface area contributed by atoms with Crippen molar-refractivity contribution in [3.05, 3.63) is 95.6 Å². The molecule has 0 aromatic heterocycles. The van der Waals surface area contributed by atoms with Crippen molar-refractivity contribution in [2.75, 3.05) is 0 Å². The molecule has 0 unspecified atom stereocenters. The van der Waals surface area contributed by atoms with Crippen LogP contribution in [0.25, 0.3) is 21.5 Å². The van der Waals surface area contributed by atoms with Gasteiger partial charge < -0.3 is 10.4 Å². The van der Waals surface area contributed by atoms with Crippen molar-refractivity contribution in [3.8, 4) is 0 Å². The van der Waals surface area contributed by atoms with Crippen molar-refractivity contribution in [2.24, 2.45) is 0 Å². The molecule has 32 heavy (non-hydrogen) atoms. The number of benzene rings is 4. The van der Waals surface area contributed by atoms with Crippen LogP contribution in [0.4, 0.5) is 13.2 Å². The van der Waals surface area contributed by atoms with Gasteiger partial charge in [0.2, 0.25) is 0 Å². The van der Waals surface area contributed by atoms with Gasteiger partial charge in [-0.05, 0) is 45.3 Å². The molecule has 0 spiro atoms. The lowest BCUT2D eigenvalue weighted by atomic mass is 9.95. The summed E-state index contributed by atoms with van der Waals surface area (Å²) in [5.41, 5.74) is -0.0924. The minimum atomic E-state index is -4.48. The fraction of sp³-hybridized carbons (Fsp3) is 0.120. The van der Waals surface area contributed by atoms with E-state index in [9.17, 15) is 27.9 Å². The zero-order chi connectivity index (χ0) is 22.9. The molecule has 0 bridgehead atoms. The number of carbonyl (C=O) groups excluding carboxylic acids is 1. The van der Waals surface area contributed by atoms with E-state index in [0.29, 0.717) is 21.9 Å². The first-order valence-electron chi connectivity index (χ1n) is 9.84. The van der Waals surface area contributed by atoms with Gasteiger partial charge in [0, 0.05) is 6.42 Å². The molecule has 0 saturated heterocycles. The maximum absolute atomic E-state index is 13.2. The number of carboxylic acid groups (broad SMARTS) is 1. The van der Waals surface area contributed by atoms with Gasteiger partial charge in [-0.2, -0.15) is 13.2 Å². The highest BCUT2D eigenvalue weighted by molar-refractivity contribution is 6.18.